The fourth-order valence-electron chi connectivity index (χ4n) is 3.59. The third-order valence-corrected chi connectivity index (χ3v) is 5.30. The van der Waals surface area contributed by atoms with E-state index < -0.39 is 17.4 Å². The van der Waals surface area contributed by atoms with E-state index in [1.54, 1.807) is 24.3 Å². The molecule has 0 radical (unpaired) electrons. The zero-order valence-electron chi connectivity index (χ0n) is 18.2. The third kappa shape index (κ3) is 4.28. The molecule has 1 aromatic heterocycles. The van der Waals surface area contributed by atoms with Crippen molar-refractivity contribution in [2.75, 3.05) is 20.6 Å². The van der Waals surface area contributed by atoms with Gasteiger partial charge in [0.05, 0.1) is 5.69 Å². The number of amides is 2. The van der Waals surface area contributed by atoms with Crippen LogP contribution < -0.4 is 10.6 Å². The second-order valence-electron chi connectivity index (χ2n) is 8.70. The van der Waals surface area contributed by atoms with Crippen LogP contribution in [-0.4, -0.2) is 58.7 Å². The number of aromatic nitrogens is 2. The summed E-state index contributed by atoms with van der Waals surface area (Å²) in [5, 5.41) is 5.43. The second kappa shape index (κ2) is 8.39. The summed E-state index contributed by atoms with van der Waals surface area (Å²) in [5.41, 5.74) is 0.910. The Morgan fingerprint density at radius 1 is 1.10 bits per heavy atom. The summed E-state index contributed by atoms with van der Waals surface area (Å²) in [6.45, 7) is 7.47. The van der Waals surface area contributed by atoms with Crippen LogP contribution in [0.2, 0.25) is 0 Å². The van der Waals surface area contributed by atoms with Crippen LogP contribution >= 0.6 is 0 Å². The molecule has 30 heavy (non-hydrogen) atoms. The zero-order valence-corrected chi connectivity index (χ0v) is 18.2. The van der Waals surface area contributed by atoms with E-state index >= 15 is 0 Å². The van der Waals surface area contributed by atoms with Gasteiger partial charge < -0.3 is 15.2 Å². The predicted molar refractivity (Wildman–Crippen MR) is 113 cm³/mol. The highest BCUT2D eigenvalue weighted by Crippen LogP contribution is 2.23. The normalized spacial score (nSPS) is 15.2. The highest BCUT2D eigenvalue weighted by molar-refractivity contribution is 6.08. The number of rotatable bonds is 5. The highest BCUT2D eigenvalue weighted by atomic mass is 16.2. The van der Waals surface area contributed by atoms with Gasteiger partial charge in [-0.25, -0.2) is 4.98 Å². The van der Waals surface area contributed by atoms with Gasteiger partial charge >= 0.3 is 0 Å². The number of carbonyl (C=O) groups excluding carboxylic acids is 3. The third-order valence-electron chi connectivity index (χ3n) is 5.30. The Balaban J connectivity index is 2.00. The van der Waals surface area contributed by atoms with Crippen molar-refractivity contribution in [3.8, 4) is 0 Å². The van der Waals surface area contributed by atoms with Crippen molar-refractivity contribution in [3.05, 3.63) is 53.1 Å². The molecule has 160 valence electrons. The average molecular weight is 412 g/mol. The number of nitrogens with zero attached hydrogens (tertiary/aromatic N) is 3. The van der Waals surface area contributed by atoms with Crippen LogP contribution in [0.4, 0.5) is 0 Å². The highest BCUT2D eigenvalue weighted by Gasteiger charge is 2.35. The molecule has 3 rings (SSSR count). The molecule has 2 amide bonds. The maximum atomic E-state index is 13.2. The molecular formula is C22H29N5O3. The van der Waals surface area contributed by atoms with Crippen LogP contribution in [0.1, 0.15) is 53.1 Å². The Hall–Kier alpha value is -3.00. The minimum absolute atomic E-state index is 0.194. The summed E-state index contributed by atoms with van der Waals surface area (Å²) in [4.78, 5) is 45.1. The first-order valence-corrected chi connectivity index (χ1v) is 10.0. The Morgan fingerprint density at radius 2 is 1.77 bits per heavy atom. The predicted octanol–water partition coefficient (Wildman–Crippen LogP) is 1.45. The second-order valence-corrected chi connectivity index (χ2v) is 8.70. The molecular weight excluding hydrogens is 382 g/mol. The lowest BCUT2D eigenvalue weighted by molar-refractivity contribution is -0.124. The quantitative estimate of drug-likeness (QED) is 0.726. The maximum absolute atomic E-state index is 13.2. The van der Waals surface area contributed by atoms with E-state index in [0.717, 1.165) is 6.54 Å². The smallest absolute Gasteiger partial charge is 0.272 e. The fraction of sp³-hybridized carbons (Fsp3) is 0.455. The van der Waals surface area contributed by atoms with Gasteiger partial charge in [-0.1, -0.05) is 51.1 Å². The minimum Gasteiger partial charge on any atom is -0.357 e. The van der Waals surface area contributed by atoms with Crippen LogP contribution in [0.25, 0.3) is 0 Å². The van der Waals surface area contributed by atoms with E-state index in [4.69, 9.17) is 0 Å². The lowest BCUT2D eigenvalue weighted by Gasteiger charge is -2.30. The fourth-order valence-corrected chi connectivity index (χ4v) is 3.59. The number of imidazole rings is 1. The number of benzene rings is 1. The van der Waals surface area contributed by atoms with Crippen LogP contribution in [0.3, 0.4) is 0 Å². The molecule has 1 unspecified atom stereocenters. The molecule has 0 aliphatic carbocycles. The summed E-state index contributed by atoms with van der Waals surface area (Å²) in [6.07, 6.45) is 0. The number of hydrogen-bond acceptors (Lipinski definition) is 5. The van der Waals surface area contributed by atoms with Gasteiger partial charge in [0.1, 0.15) is 6.04 Å². The van der Waals surface area contributed by atoms with E-state index in [-0.39, 0.29) is 23.2 Å². The van der Waals surface area contributed by atoms with Crippen molar-refractivity contribution < 1.29 is 14.4 Å². The van der Waals surface area contributed by atoms with Crippen LogP contribution in [0.15, 0.2) is 30.3 Å². The van der Waals surface area contributed by atoms with Gasteiger partial charge in [0, 0.05) is 32.2 Å². The number of likely N-dealkylation sites (N-methyl/N-ethyl adjacent to an activating group) is 2. The number of hydrogen-bond donors (Lipinski definition) is 2. The Labute approximate surface area is 176 Å². The Bertz CT molecular complexity index is 959. The first-order valence-electron chi connectivity index (χ1n) is 10.0. The zero-order chi connectivity index (χ0) is 22.1. The summed E-state index contributed by atoms with van der Waals surface area (Å²) in [6, 6.07) is 8.18. The van der Waals surface area contributed by atoms with Crippen molar-refractivity contribution in [3.63, 3.8) is 0 Å². The summed E-state index contributed by atoms with van der Waals surface area (Å²) < 4.78 is 1.83. The van der Waals surface area contributed by atoms with Gasteiger partial charge in [-0.2, -0.15) is 0 Å². The summed E-state index contributed by atoms with van der Waals surface area (Å²) >= 11 is 0. The van der Waals surface area contributed by atoms with Crippen LogP contribution in [0, 0.1) is 5.41 Å². The van der Waals surface area contributed by atoms with Gasteiger partial charge in [-0.15, -0.1) is 0 Å². The molecule has 1 aromatic carbocycles. The van der Waals surface area contributed by atoms with Crippen molar-refractivity contribution in [1.82, 2.24) is 25.1 Å². The molecule has 0 fully saturated rings. The Kier molecular flexibility index (Phi) is 6.07. The maximum Gasteiger partial charge on any atom is 0.272 e. The number of ketones is 1. The number of nitrogens with one attached hydrogen (secondary N) is 2. The number of fused-ring (bicyclic) bond motifs is 1. The first kappa shape index (κ1) is 21.7. The van der Waals surface area contributed by atoms with Crippen molar-refractivity contribution >= 4 is 17.6 Å². The minimum atomic E-state index is -0.734. The van der Waals surface area contributed by atoms with Crippen LogP contribution in [-0.2, 0) is 17.9 Å². The Morgan fingerprint density at radius 3 is 2.37 bits per heavy atom. The van der Waals surface area contributed by atoms with Gasteiger partial charge in [0.2, 0.25) is 11.7 Å². The molecule has 1 aliphatic rings. The SMILES string of the molecule is CNC(=O)C(NC(=O)c1nc(C(=O)c2ccccc2)n2c1CN(C)CC2)C(C)(C)C. The van der Waals surface area contributed by atoms with E-state index in [1.165, 1.54) is 7.05 Å². The first-order chi connectivity index (χ1) is 14.1. The van der Waals surface area contributed by atoms with E-state index in [2.05, 4.69) is 20.5 Å². The van der Waals surface area contributed by atoms with E-state index in [9.17, 15) is 14.4 Å². The van der Waals surface area contributed by atoms with Gasteiger partial charge in [-0.3, -0.25) is 19.3 Å². The molecule has 0 saturated carbocycles. The molecule has 2 heterocycles. The molecule has 0 saturated heterocycles. The molecule has 8 heteroatoms. The monoisotopic (exact) mass is 411 g/mol. The van der Waals surface area contributed by atoms with Gasteiger partial charge in [0.25, 0.3) is 5.91 Å². The standard InChI is InChI=1S/C22H29N5O3/c1-22(2,3)18(21(30)23-4)25-20(29)16-15-13-26(5)11-12-27(15)19(24-16)17(28)14-9-7-6-8-10-14/h6-10,18H,11-13H2,1-5H3,(H,23,30)(H,25,29). The van der Waals surface area contributed by atoms with Crippen LogP contribution in [0.5, 0.6) is 0 Å². The van der Waals surface area contributed by atoms with Crippen molar-refractivity contribution in [2.24, 2.45) is 5.41 Å². The lowest BCUT2D eigenvalue weighted by Crippen LogP contribution is -2.53. The van der Waals surface area contributed by atoms with E-state index in [1.807, 2.05) is 38.5 Å². The van der Waals surface area contributed by atoms with Gasteiger partial charge in [-0.05, 0) is 12.5 Å². The molecule has 2 aromatic rings. The largest absolute Gasteiger partial charge is 0.357 e. The topological polar surface area (TPSA) is 96.3 Å². The van der Waals surface area contributed by atoms with Gasteiger partial charge in [0.15, 0.2) is 11.5 Å². The molecule has 1 atom stereocenters. The molecule has 8 nitrogen and oxygen atoms in total. The van der Waals surface area contributed by atoms with Crippen molar-refractivity contribution in [1.29, 1.82) is 0 Å². The molecule has 1 aliphatic heterocycles. The summed E-state index contributed by atoms with van der Waals surface area (Å²) in [5.74, 6) is -0.702. The van der Waals surface area contributed by atoms with Crippen molar-refractivity contribution in [2.45, 2.75) is 39.9 Å². The molecule has 2 N–H and O–H groups in total. The summed E-state index contributed by atoms with van der Waals surface area (Å²) in [7, 11) is 3.50. The lowest BCUT2D eigenvalue weighted by atomic mass is 9.86. The average Bonchev–Trinajstić information content (AvgIpc) is 3.09. The van der Waals surface area contributed by atoms with E-state index in [0.29, 0.717) is 24.3 Å². The molecule has 0 bridgehead atoms. The molecule has 0 spiro atoms. The number of carbonyl (C=O) groups is 3.